The molecule has 0 spiro atoms. The lowest BCUT2D eigenvalue weighted by Crippen LogP contribution is -2.46. The summed E-state index contributed by atoms with van der Waals surface area (Å²) in [5.41, 5.74) is -0.261. The molecular weight excluding hydrogens is 269 g/mol. The topological polar surface area (TPSA) is 66.4 Å². The van der Waals surface area contributed by atoms with Crippen LogP contribution in [-0.2, 0) is 10.0 Å². The summed E-state index contributed by atoms with van der Waals surface area (Å²) < 4.78 is 40.3. The van der Waals surface area contributed by atoms with E-state index in [4.69, 9.17) is 5.11 Å². The maximum Gasteiger partial charge on any atom is 0.241 e. The molecule has 0 aliphatic rings. The first-order valence-corrected chi connectivity index (χ1v) is 7.63. The minimum Gasteiger partial charge on any atom is -0.396 e. The van der Waals surface area contributed by atoms with E-state index in [1.807, 2.05) is 6.92 Å². The fourth-order valence-corrected chi connectivity index (χ4v) is 3.55. The van der Waals surface area contributed by atoms with Gasteiger partial charge in [-0.15, -0.1) is 0 Å². The first-order chi connectivity index (χ1) is 8.74. The Morgan fingerprint density at radius 3 is 2.58 bits per heavy atom. The minimum atomic E-state index is -3.81. The van der Waals surface area contributed by atoms with E-state index in [0.717, 1.165) is 6.07 Å². The lowest BCUT2D eigenvalue weighted by Gasteiger charge is -2.28. The molecule has 0 fully saturated rings. The van der Waals surface area contributed by atoms with E-state index in [1.165, 1.54) is 12.1 Å². The minimum absolute atomic E-state index is 0.0647. The van der Waals surface area contributed by atoms with Crippen molar-refractivity contribution in [3.8, 4) is 0 Å². The van der Waals surface area contributed by atoms with E-state index in [0.29, 0.717) is 18.4 Å². The normalized spacial score (nSPS) is 15.2. The van der Waals surface area contributed by atoms with Crippen LogP contribution in [0, 0.1) is 12.7 Å². The van der Waals surface area contributed by atoms with Gasteiger partial charge in [0.15, 0.2) is 0 Å². The summed E-state index contributed by atoms with van der Waals surface area (Å²) in [4.78, 5) is -0.0647. The summed E-state index contributed by atoms with van der Waals surface area (Å²) in [5.74, 6) is -0.591. The SMILES string of the molecule is CCC(C)(CCO)NS(=O)(=O)c1cc(F)ccc1C. The Morgan fingerprint density at radius 2 is 2.05 bits per heavy atom. The fraction of sp³-hybridized carbons (Fsp3) is 0.538. The van der Waals surface area contributed by atoms with Gasteiger partial charge in [0.05, 0.1) is 4.90 Å². The van der Waals surface area contributed by atoms with Crippen molar-refractivity contribution in [2.45, 2.75) is 44.0 Å². The smallest absolute Gasteiger partial charge is 0.241 e. The maximum absolute atomic E-state index is 13.2. The van der Waals surface area contributed by atoms with Crippen LogP contribution in [0.3, 0.4) is 0 Å². The Kier molecular flexibility index (Phi) is 5.06. The molecule has 0 aromatic heterocycles. The number of aliphatic hydroxyl groups excluding tert-OH is 1. The summed E-state index contributed by atoms with van der Waals surface area (Å²) in [5, 5.41) is 9.00. The predicted octanol–water partition coefficient (Wildman–Crippen LogP) is 1.96. The second-order valence-corrected chi connectivity index (χ2v) is 6.55. The van der Waals surface area contributed by atoms with E-state index in [2.05, 4.69) is 4.72 Å². The van der Waals surface area contributed by atoms with Gasteiger partial charge < -0.3 is 5.11 Å². The Hall–Kier alpha value is -0.980. The van der Waals surface area contributed by atoms with Crippen molar-refractivity contribution in [1.82, 2.24) is 4.72 Å². The standard InChI is InChI=1S/C13H20FNO3S/c1-4-13(3,7-8-16)15-19(17,18)12-9-11(14)6-5-10(12)2/h5-6,9,15-16H,4,7-8H2,1-3H3. The maximum atomic E-state index is 13.2. The molecule has 0 bridgehead atoms. The third kappa shape index (κ3) is 3.99. The van der Waals surface area contributed by atoms with Gasteiger partial charge in [0.1, 0.15) is 5.82 Å². The van der Waals surface area contributed by atoms with Gasteiger partial charge in [-0.25, -0.2) is 17.5 Å². The Labute approximate surface area is 113 Å². The van der Waals surface area contributed by atoms with Crippen LogP contribution in [0.4, 0.5) is 4.39 Å². The van der Waals surface area contributed by atoms with Gasteiger partial charge in [-0.05, 0) is 44.4 Å². The molecule has 0 radical (unpaired) electrons. The Morgan fingerprint density at radius 1 is 1.42 bits per heavy atom. The molecule has 0 amide bonds. The fourth-order valence-electron chi connectivity index (χ4n) is 1.79. The molecule has 0 saturated carbocycles. The Bertz CT molecular complexity index is 545. The predicted molar refractivity (Wildman–Crippen MR) is 71.9 cm³/mol. The van der Waals surface area contributed by atoms with Crippen LogP contribution in [0.25, 0.3) is 0 Å². The number of sulfonamides is 1. The zero-order chi connectivity index (χ0) is 14.7. The van der Waals surface area contributed by atoms with E-state index in [-0.39, 0.29) is 11.5 Å². The van der Waals surface area contributed by atoms with E-state index in [1.54, 1.807) is 13.8 Å². The number of aliphatic hydroxyl groups is 1. The summed E-state index contributed by atoms with van der Waals surface area (Å²) in [6.07, 6.45) is 0.832. The quantitative estimate of drug-likeness (QED) is 0.841. The molecule has 2 N–H and O–H groups in total. The van der Waals surface area contributed by atoms with Gasteiger partial charge in [-0.1, -0.05) is 13.0 Å². The largest absolute Gasteiger partial charge is 0.396 e. The zero-order valence-corrected chi connectivity index (χ0v) is 12.2. The van der Waals surface area contributed by atoms with Crippen molar-refractivity contribution in [3.05, 3.63) is 29.6 Å². The molecule has 6 heteroatoms. The zero-order valence-electron chi connectivity index (χ0n) is 11.4. The molecule has 1 aromatic carbocycles. The van der Waals surface area contributed by atoms with Gasteiger partial charge in [0, 0.05) is 12.1 Å². The highest BCUT2D eigenvalue weighted by atomic mass is 32.2. The number of benzene rings is 1. The molecule has 0 heterocycles. The number of hydrogen-bond donors (Lipinski definition) is 2. The van der Waals surface area contributed by atoms with Gasteiger partial charge in [-0.2, -0.15) is 0 Å². The number of hydrogen-bond acceptors (Lipinski definition) is 3. The van der Waals surface area contributed by atoms with Gasteiger partial charge in [0.25, 0.3) is 0 Å². The third-order valence-corrected chi connectivity index (χ3v) is 5.04. The molecule has 0 aliphatic carbocycles. The van der Waals surface area contributed by atoms with E-state index >= 15 is 0 Å². The highest BCUT2D eigenvalue weighted by Crippen LogP contribution is 2.21. The van der Waals surface area contributed by atoms with Gasteiger partial charge >= 0.3 is 0 Å². The molecule has 0 saturated heterocycles. The first kappa shape index (κ1) is 16.1. The van der Waals surface area contributed by atoms with Crippen molar-refractivity contribution in [1.29, 1.82) is 0 Å². The van der Waals surface area contributed by atoms with Crippen LogP contribution in [0.1, 0.15) is 32.3 Å². The molecule has 1 unspecified atom stereocenters. The summed E-state index contributed by atoms with van der Waals surface area (Å²) in [6, 6.07) is 3.66. The number of halogens is 1. The lowest BCUT2D eigenvalue weighted by atomic mass is 9.97. The van der Waals surface area contributed by atoms with Crippen molar-refractivity contribution in [2.75, 3.05) is 6.61 Å². The second-order valence-electron chi connectivity index (χ2n) is 4.90. The molecule has 19 heavy (non-hydrogen) atoms. The van der Waals surface area contributed by atoms with E-state index < -0.39 is 21.4 Å². The average Bonchev–Trinajstić information content (AvgIpc) is 2.31. The molecule has 4 nitrogen and oxygen atoms in total. The lowest BCUT2D eigenvalue weighted by molar-refractivity contribution is 0.233. The van der Waals surface area contributed by atoms with Crippen molar-refractivity contribution in [3.63, 3.8) is 0 Å². The molecular formula is C13H20FNO3S. The van der Waals surface area contributed by atoms with Crippen LogP contribution in [-0.4, -0.2) is 25.7 Å². The molecule has 0 aliphatic heterocycles. The number of nitrogens with one attached hydrogen (secondary N) is 1. The Balaban J connectivity index is 3.14. The van der Waals surface area contributed by atoms with Gasteiger partial charge in [-0.3, -0.25) is 0 Å². The van der Waals surface area contributed by atoms with Crippen LogP contribution in [0.2, 0.25) is 0 Å². The molecule has 108 valence electrons. The summed E-state index contributed by atoms with van der Waals surface area (Å²) in [7, 11) is -3.81. The molecule has 1 rings (SSSR count). The second kappa shape index (κ2) is 5.98. The van der Waals surface area contributed by atoms with Crippen LogP contribution in [0.15, 0.2) is 23.1 Å². The summed E-state index contributed by atoms with van der Waals surface area (Å²) >= 11 is 0. The molecule has 1 atom stereocenters. The monoisotopic (exact) mass is 289 g/mol. The van der Waals surface area contributed by atoms with Crippen LogP contribution >= 0.6 is 0 Å². The van der Waals surface area contributed by atoms with Gasteiger partial charge in [0.2, 0.25) is 10.0 Å². The van der Waals surface area contributed by atoms with Crippen molar-refractivity contribution < 1.29 is 17.9 Å². The average molecular weight is 289 g/mol. The van der Waals surface area contributed by atoms with Crippen LogP contribution < -0.4 is 4.72 Å². The van der Waals surface area contributed by atoms with Crippen molar-refractivity contribution >= 4 is 10.0 Å². The number of rotatable bonds is 6. The van der Waals surface area contributed by atoms with E-state index in [9.17, 15) is 12.8 Å². The first-order valence-electron chi connectivity index (χ1n) is 6.15. The van der Waals surface area contributed by atoms with Crippen molar-refractivity contribution in [2.24, 2.45) is 0 Å². The highest BCUT2D eigenvalue weighted by molar-refractivity contribution is 7.89. The van der Waals surface area contributed by atoms with Crippen LogP contribution in [0.5, 0.6) is 0 Å². The summed E-state index contributed by atoms with van der Waals surface area (Å²) in [6.45, 7) is 5.05. The third-order valence-electron chi connectivity index (χ3n) is 3.26. The highest BCUT2D eigenvalue weighted by Gasteiger charge is 2.29. The number of aryl methyl sites for hydroxylation is 1. The molecule has 1 aromatic rings.